The third-order valence-corrected chi connectivity index (χ3v) is 4.44. The number of rotatable bonds is 6. The van der Waals surface area contributed by atoms with Crippen LogP contribution in [0.25, 0.3) is 0 Å². The van der Waals surface area contributed by atoms with Gasteiger partial charge in [-0.15, -0.1) is 0 Å². The minimum atomic E-state index is -0.250. The molecule has 2 rings (SSSR count). The third-order valence-electron chi connectivity index (χ3n) is 3.70. The zero-order valence-electron chi connectivity index (χ0n) is 14.2. The predicted molar refractivity (Wildman–Crippen MR) is 102 cm³/mol. The Kier molecular flexibility index (Phi) is 6.85. The molecule has 132 valence electrons. The Labute approximate surface area is 157 Å². The van der Waals surface area contributed by atoms with E-state index in [-0.39, 0.29) is 18.4 Å². The highest BCUT2D eigenvalue weighted by atomic mass is 35.5. The van der Waals surface area contributed by atoms with Crippen LogP contribution in [0.1, 0.15) is 29.3 Å². The van der Waals surface area contributed by atoms with Gasteiger partial charge in [-0.05, 0) is 43.2 Å². The predicted octanol–water partition coefficient (Wildman–Crippen LogP) is 4.79. The molecule has 0 spiro atoms. The molecule has 0 fully saturated rings. The van der Waals surface area contributed by atoms with E-state index >= 15 is 0 Å². The third kappa shape index (κ3) is 5.21. The molecule has 0 radical (unpaired) electrons. The first-order valence-corrected chi connectivity index (χ1v) is 8.77. The quantitative estimate of drug-likeness (QED) is 0.784. The second-order valence-electron chi connectivity index (χ2n) is 5.72. The summed E-state index contributed by atoms with van der Waals surface area (Å²) in [6, 6.07) is 12.2. The van der Waals surface area contributed by atoms with Gasteiger partial charge in [0.1, 0.15) is 6.54 Å². The monoisotopic (exact) mass is 378 g/mol. The number of aryl methyl sites for hydroxylation is 1. The molecule has 6 heteroatoms. The van der Waals surface area contributed by atoms with Gasteiger partial charge in [-0.1, -0.05) is 48.3 Å². The lowest BCUT2D eigenvalue weighted by molar-refractivity contribution is -0.116. The van der Waals surface area contributed by atoms with E-state index in [0.29, 0.717) is 22.2 Å². The number of amides is 2. The van der Waals surface area contributed by atoms with E-state index in [9.17, 15) is 9.59 Å². The standard InChI is InChI=1S/C19H20Cl2N2O2/c1-3-10-23(19(25)14-8-9-15(20)16(21)11-14)12-18(24)22-17-7-5-4-6-13(17)2/h4-9,11H,3,10,12H2,1-2H3,(H,22,24). The van der Waals surface area contributed by atoms with Crippen LogP contribution in [0.5, 0.6) is 0 Å². The molecule has 0 aliphatic heterocycles. The Bertz CT molecular complexity index is 778. The Morgan fingerprint density at radius 1 is 1.08 bits per heavy atom. The topological polar surface area (TPSA) is 49.4 Å². The number of nitrogens with one attached hydrogen (secondary N) is 1. The lowest BCUT2D eigenvalue weighted by atomic mass is 10.2. The minimum absolute atomic E-state index is 0.0265. The summed E-state index contributed by atoms with van der Waals surface area (Å²) < 4.78 is 0. The van der Waals surface area contributed by atoms with E-state index in [1.165, 1.54) is 11.0 Å². The molecule has 2 aromatic rings. The molecular weight excluding hydrogens is 359 g/mol. The van der Waals surface area contributed by atoms with Crippen LogP contribution in [0.15, 0.2) is 42.5 Å². The first-order valence-electron chi connectivity index (χ1n) is 8.02. The van der Waals surface area contributed by atoms with Crippen LogP contribution < -0.4 is 5.32 Å². The average Bonchev–Trinajstić information content (AvgIpc) is 2.58. The number of anilines is 1. The molecule has 2 amide bonds. The second kappa shape index (κ2) is 8.88. The van der Waals surface area contributed by atoms with Gasteiger partial charge in [0.25, 0.3) is 5.91 Å². The molecule has 0 unspecified atom stereocenters. The molecule has 0 aromatic heterocycles. The number of nitrogens with zero attached hydrogens (tertiary/aromatic N) is 1. The van der Waals surface area contributed by atoms with Gasteiger partial charge in [0, 0.05) is 17.8 Å². The molecule has 0 aliphatic carbocycles. The molecule has 0 saturated heterocycles. The van der Waals surface area contributed by atoms with Crippen molar-refractivity contribution in [2.24, 2.45) is 0 Å². The summed E-state index contributed by atoms with van der Waals surface area (Å²) >= 11 is 11.9. The van der Waals surface area contributed by atoms with Gasteiger partial charge in [-0.2, -0.15) is 0 Å². The van der Waals surface area contributed by atoms with Crippen molar-refractivity contribution in [1.29, 1.82) is 0 Å². The Morgan fingerprint density at radius 3 is 2.44 bits per heavy atom. The van der Waals surface area contributed by atoms with Crippen molar-refractivity contribution < 1.29 is 9.59 Å². The Balaban J connectivity index is 2.11. The maximum atomic E-state index is 12.7. The maximum absolute atomic E-state index is 12.7. The van der Waals surface area contributed by atoms with E-state index in [2.05, 4.69) is 5.32 Å². The van der Waals surface area contributed by atoms with Crippen molar-refractivity contribution in [3.63, 3.8) is 0 Å². The fourth-order valence-electron chi connectivity index (χ4n) is 2.41. The van der Waals surface area contributed by atoms with Crippen LogP contribution in [0.2, 0.25) is 10.0 Å². The highest BCUT2D eigenvalue weighted by Crippen LogP contribution is 2.23. The lowest BCUT2D eigenvalue weighted by Gasteiger charge is -2.22. The summed E-state index contributed by atoms with van der Waals surface area (Å²) in [5, 5.41) is 3.55. The zero-order chi connectivity index (χ0) is 18.4. The van der Waals surface area contributed by atoms with Crippen molar-refractivity contribution in [2.45, 2.75) is 20.3 Å². The average molecular weight is 379 g/mol. The number of para-hydroxylation sites is 1. The van der Waals surface area contributed by atoms with Crippen molar-refractivity contribution in [1.82, 2.24) is 4.90 Å². The van der Waals surface area contributed by atoms with E-state index in [1.54, 1.807) is 12.1 Å². The smallest absolute Gasteiger partial charge is 0.254 e. The van der Waals surface area contributed by atoms with Crippen molar-refractivity contribution in [2.75, 3.05) is 18.4 Å². The lowest BCUT2D eigenvalue weighted by Crippen LogP contribution is -2.38. The minimum Gasteiger partial charge on any atom is -0.329 e. The summed E-state index contributed by atoms with van der Waals surface area (Å²) in [4.78, 5) is 26.6. The Hall–Kier alpha value is -2.04. The summed E-state index contributed by atoms with van der Waals surface area (Å²) in [6.45, 7) is 4.32. The van der Waals surface area contributed by atoms with Gasteiger partial charge < -0.3 is 10.2 Å². The number of carbonyl (C=O) groups excluding carboxylic acids is 2. The molecule has 4 nitrogen and oxygen atoms in total. The molecule has 2 aromatic carbocycles. The van der Waals surface area contributed by atoms with Crippen LogP contribution in [0, 0.1) is 6.92 Å². The summed E-state index contributed by atoms with van der Waals surface area (Å²) in [5.74, 6) is -0.489. The van der Waals surface area contributed by atoms with Crippen molar-refractivity contribution in [3.8, 4) is 0 Å². The van der Waals surface area contributed by atoms with Crippen LogP contribution in [-0.2, 0) is 4.79 Å². The highest BCUT2D eigenvalue weighted by molar-refractivity contribution is 6.42. The van der Waals surface area contributed by atoms with Crippen LogP contribution in [-0.4, -0.2) is 29.8 Å². The van der Waals surface area contributed by atoms with E-state index in [4.69, 9.17) is 23.2 Å². The molecule has 0 bridgehead atoms. The van der Waals surface area contributed by atoms with Gasteiger partial charge >= 0.3 is 0 Å². The van der Waals surface area contributed by atoms with E-state index < -0.39 is 0 Å². The number of hydrogen-bond donors (Lipinski definition) is 1. The van der Waals surface area contributed by atoms with Gasteiger partial charge in [-0.25, -0.2) is 0 Å². The highest BCUT2D eigenvalue weighted by Gasteiger charge is 2.19. The van der Waals surface area contributed by atoms with Crippen molar-refractivity contribution >= 4 is 40.7 Å². The summed E-state index contributed by atoms with van der Waals surface area (Å²) in [5.41, 5.74) is 2.12. The fourth-order valence-corrected chi connectivity index (χ4v) is 2.71. The van der Waals surface area contributed by atoms with E-state index in [1.807, 2.05) is 38.1 Å². The number of carbonyl (C=O) groups is 2. The normalized spacial score (nSPS) is 10.4. The number of benzene rings is 2. The molecule has 25 heavy (non-hydrogen) atoms. The maximum Gasteiger partial charge on any atom is 0.254 e. The SMILES string of the molecule is CCCN(CC(=O)Nc1ccccc1C)C(=O)c1ccc(Cl)c(Cl)c1. The fraction of sp³-hybridized carbons (Fsp3) is 0.263. The Morgan fingerprint density at radius 2 is 1.80 bits per heavy atom. The van der Waals surface area contributed by atoms with Gasteiger partial charge in [0.05, 0.1) is 10.0 Å². The van der Waals surface area contributed by atoms with Gasteiger partial charge in [0.15, 0.2) is 0 Å². The molecule has 0 saturated carbocycles. The van der Waals surface area contributed by atoms with Crippen LogP contribution in [0.4, 0.5) is 5.69 Å². The molecule has 0 heterocycles. The molecule has 1 N–H and O–H groups in total. The second-order valence-corrected chi connectivity index (χ2v) is 6.53. The van der Waals surface area contributed by atoms with Crippen LogP contribution in [0.3, 0.4) is 0 Å². The van der Waals surface area contributed by atoms with Gasteiger partial charge in [-0.3, -0.25) is 9.59 Å². The molecule has 0 atom stereocenters. The number of halogens is 2. The van der Waals surface area contributed by atoms with Crippen molar-refractivity contribution in [3.05, 3.63) is 63.6 Å². The first-order chi connectivity index (χ1) is 11.9. The molecular formula is C19H20Cl2N2O2. The summed E-state index contributed by atoms with van der Waals surface area (Å²) in [6.07, 6.45) is 0.741. The largest absolute Gasteiger partial charge is 0.329 e. The molecule has 0 aliphatic rings. The number of hydrogen-bond acceptors (Lipinski definition) is 2. The van der Waals surface area contributed by atoms with Crippen LogP contribution >= 0.6 is 23.2 Å². The van der Waals surface area contributed by atoms with E-state index in [0.717, 1.165) is 17.7 Å². The first kappa shape index (κ1) is 19.3. The summed E-state index contributed by atoms with van der Waals surface area (Å²) in [7, 11) is 0. The zero-order valence-corrected chi connectivity index (χ0v) is 15.7. The van der Waals surface area contributed by atoms with Gasteiger partial charge in [0.2, 0.25) is 5.91 Å².